The van der Waals surface area contributed by atoms with Crippen molar-refractivity contribution in [3.63, 3.8) is 0 Å². The van der Waals surface area contributed by atoms with E-state index in [0.717, 1.165) is 17.1 Å². The molecule has 3 aromatic rings. The summed E-state index contributed by atoms with van der Waals surface area (Å²) in [6.45, 7) is 0.869. The number of anilines is 1. The van der Waals surface area contributed by atoms with E-state index in [4.69, 9.17) is 0 Å². The number of fused-ring (bicyclic) bond motifs is 3. The quantitative estimate of drug-likeness (QED) is 0.633. The van der Waals surface area contributed by atoms with Crippen LogP contribution in [0.25, 0.3) is 22.7 Å². The minimum atomic E-state index is 0.869. The molecule has 4 rings (SSSR count). The summed E-state index contributed by atoms with van der Waals surface area (Å²) in [6.07, 6.45) is 4.37. The van der Waals surface area contributed by atoms with Crippen molar-refractivity contribution in [2.45, 2.75) is 4.90 Å². The van der Waals surface area contributed by atoms with Gasteiger partial charge in [0.1, 0.15) is 5.82 Å². The average molecular weight is 278 g/mol. The highest BCUT2D eigenvalue weighted by molar-refractivity contribution is 7.80. The van der Waals surface area contributed by atoms with Crippen LogP contribution in [0.3, 0.4) is 0 Å². The number of para-hydroxylation sites is 1. The van der Waals surface area contributed by atoms with E-state index in [-0.39, 0.29) is 0 Å². The molecule has 0 saturated heterocycles. The number of hydrogen-bond donors (Lipinski definition) is 2. The highest BCUT2D eigenvalue weighted by atomic mass is 32.1. The standard InChI is InChI=1S/C17H14N2S/c20-13-9-7-12(8-10-13)19-16-6-2-1-4-14(16)15-5-3-11-18-17(15)19/h1-10,18,20H,11H2. The Bertz CT molecular complexity index is 813. The van der Waals surface area contributed by atoms with Crippen LogP contribution in [0.5, 0.6) is 0 Å². The molecule has 2 aromatic carbocycles. The van der Waals surface area contributed by atoms with Crippen molar-refractivity contribution in [1.29, 1.82) is 0 Å². The molecular formula is C17H14N2S. The Kier molecular flexibility index (Phi) is 2.60. The van der Waals surface area contributed by atoms with Gasteiger partial charge < -0.3 is 5.32 Å². The summed E-state index contributed by atoms with van der Waals surface area (Å²) < 4.78 is 2.28. The van der Waals surface area contributed by atoms with Gasteiger partial charge in [0.25, 0.3) is 0 Å². The molecule has 0 amide bonds. The molecule has 0 fully saturated rings. The lowest BCUT2D eigenvalue weighted by Crippen LogP contribution is -2.08. The molecule has 0 aliphatic carbocycles. The first-order valence-corrected chi connectivity index (χ1v) is 7.12. The normalized spacial score (nSPS) is 13.2. The van der Waals surface area contributed by atoms with E-state index >= 15 is 0 Å². The van der Waals surface area contributed by atoms with Crippen molar-refractivity contribution in [2.75, 3.05) is 11.9 Å². The summed E-state index contributed by atoms with van der Waals surface area (Å²) in [6, 6.07) is 16.8. The van der Waals surface area contributed by atoms with Gasteiger partial charge in [0.05, 0.1) is 5.52 Å². The van der Waals surface area contributed by atoms with Gasteiger partial charge in [0, 0.05) is 28.1 Å². The monoisotopic (exact) mass is 278 g/mol. The first kappa shape index (κ1) is 11.7. The van der Waals surface area contributed by atoms with E-state index in [0.29, 0.717) is 0 Å². The molecular weight excluding hydrogens is 264 g/mol. The lowest BCUT2D eigenvalue weighted by Gasteiger charge is -2.15. The molecule has 0 unspecified atom stereocenters. The number of hydrogen-bond acceptors (Lipinski definition) is 2. The SMILES string of the molecule is Sc1ccc(-n2c3c(c4ccccc42)C=CCN3)cc1. The van der Waals surface area contributed by atoms with Crippen LogP contribution in [0.4, 0.5) is 5.82 Å². The summed E-state index contributed by atoms with van der Waals surface area (Å²) in [5, 5.41) is 4.77. The molecule has 2 heterocycles. The molecule has 1 aromatic heterocycles. The van der Waals surface area contributed by atoms with Gasteiger partial charge in [-0.3, -0.25) is 4.57 Å². The molecule has 3 heteroatoms. The van der Waals surface area contributed by atoms with Gasteiger partial charge in [0.2, 0.25) is 0 Å². The summed E-state index contributed by atoms with van der Waals surface area (Å²) in [5.74, 6) is 1.17. The molecule has 1 aliphatic heterocycles. The predicted octanol–water partition coefficient (Wildman–Crippen LogP) is 4.36. The fraction of sp³-hybridized carbons (Fsp3) is 0.0588. The highest BCUT2D eigenvalue weighted by Gasteiger charge is 2.17. The van der Waals surface area contributed by atoms with E-state index in [1.54, 1.807) is 0 Å². The van der Waals surface area contributed by atoms with Crippen LogP contribution in [0.15, 0.2) is 59.5 Å². The van der Waals surface area contributed by atoms with Crippen LogP contribution >= 0.6 is 12.6 Å². The third-order valence-corrected chi connectivity index (χ3v) is 3.99. The molecule has 0 spiro atoms. The zero-order chi connectivity index (χ0) is 13.5. The van der Waals surface area contributed by atoms with Gasteiger partial charge in [-0.15, -0.1) is 12.6 Å². The molecule has 2 nitrogen and oxygen atoms in total. The van der Waals surface area contributed by atoms with Crippen molar-refractivity contribution in [2.24, 2.45) is 0 Å². The Morgan fingerprint density at radius 3 is 2.65 bits per heavy atom. The summed E-state index contributed by atoms with van der Waals surface area (Å²) in [4.78, 5) is 0.979. The van der Waals surface area contributed by atoms with Gasteiger partial charge >= 0.3 is 0 Å². The average Bonchev–Trinajstić information content (AvgIpc) is 2.83. The number of rotatable bonds is 1. The Morgan fingerprint density at radius 2 is 1.80 bits per heavy atom. The fourth-order valence-corrected chi connectivity index (χ4v) is 2.96. The summed E-state index contributed by atoms with van der Waals surface area (Å²) in [5.41, 5.74) is 3.65. The molecule has 1 aliphatic rings. The van der Waals surface area contributed by atoms with Crippen LogP contribution in [-0.4, -0.2) is 11.1 Å². The van der Waals surface area contributed by atoms with Gasteiger partial charge in [-0.25, -0.2) is 0 Å². The fourth-order valence-electron chi connectivity index (χ4n) is 2.81. The van der Waals surface area contributed by atoms with E-state index in [1.165, 1.54) is 22.3 Å². The second-order valence-corrected chi connectivity index (χ2v) is 5.43. The molecule has 0 radical (unpaired) electrons. The summed E-state index contributed by atoms with van der Waals surface area (Å²) >= 11 is 4.37. The lowest BCUT2D eigenvalue weighted by atomic mass is 10.1. The maximum Gasteiger partial charge on any atom is 0.119 e. The maximum atomic E-state index is 4.37. The van der Waals surface area contributed by atoms with Crippen LogP contribution in [0.1, 0.15) is 5.56 Å². The van der Waals surface area contributed by atoms with Crippen molar-refractivity contribution in [3.05, 3.63) is 60.2 Å². The van der Waals surface area contributed by atoms with Gasteiger partial charge in [-0.1, -0.05) is 30.4 Å². The second-order valence-electron chi connectivity index (χ2n) is 4.91. The molecule has 1 N–H and O–H groups in total. The molecule has 98 valence electrons. The zero-order valence-electron chi connectivity index (χ0n) is 10.9. The topological polar surface area (TPSA) is 17.0 Å². The Morgan fingerprint density at radius 1 is 1.00 bits per heavy atom. The lowest BCUT2D eigenvalue weighted by molar-refractivity contribution is 1.09. The van der Waals surface area contributed by atoms with Crippen molar-refractivity contribution in [3.8, 4) is 5.69 Å². The highest BCUT2D eigenvalue weighted by Crippen LogP contribution is 2.35. The second kappa shape index (κ2) is 4.46. The van der Waals surface area contributed by atoms with Crippen molar-refractivity contribution < 1.29 is 0 Å². The number of thiol groups is 1. The minimum Gasteiger partial charge on any atom is -0.367 e. The van der Waals surface area contributed by atoms with Gasteiger partial charge in [-0.2, -0.15) is 0 Å². The number of aromatic nitrogens is 1. The smallest absolute Gasteiger partial charge is 0.119 e. The van der Waals surface area contributed by atoms with Crippen molar-refractivity contribution >= 4 is 35.4 Å². The number of nitrogens with zero attached hydrogens (tertiary/aromatic N) is 1. The van der Waals surface area contributed by atoms with Crippen molar-refractivity contribution in [1.82, 2.24) is 4.57 Å². The number of nitrogens with one attached hydrogen (secondary N) is 1. The minimum absolute atomic E-state index is 0.869. The van der Waals surface area contributed by atoms with Crippen LogP contribution in [0, 0.1) is 0 Å². The van der Waals surface area contributed by atoms with Gasteiger partial charge in [0.15, 0.2) is 0 Å². The van der Waals surface area contributed by atoms with E-state index < -0.39 is 0 Å². The molecule has 0 bridgehead atoms. The van der Waals surface area contributed by atoms with E-state index in [2.05, 4.69) is 71.1 Å². The first-order chi connectivity index (χ1) is 9.84. The molecule has 0 saturated carbocycles. The summed E-state index contributed by atoms with van der Waals surface area (Å²) in [7, 11) is 0. The van der Waals surface area contributed by atoms with E-state index in [9.17, 15) is 0 Å². The number of benzene rings is 2. The third kappa shape index (κ3) is 1.67. The van der Waals surface area contributed by atoms with Crippen LogP contribution in [-0.2, 0) is 0 Å². The van der Waals surface area contributed by atoms with E-state index in [1.807, 2.05) is 12.1 Å². The molecule has 20 heavy (non-hydrogen) atoms. The first-order valence-electron chi connectivity index (χ1n) is 6.68. The Hall–Kier alpha value is -2.13. The largest absolute Gasteiger partial charge is 0.367 e. The third-order valence-electron chi connectivity index (χ3n) is 3.69. The van der Waals surface area contributed by atoms with Gasteiger partial charge in [-0.05, 0) is 30.3 Å². The van der Waals surface area contributed by atoms with Crippen LogP contribution < -0.4 is 5.32 Å². The Labute approximate surface area is 123 Å². The van der Waals surface area contributed by atoms with Crippen LogP contribution in [0.2, 0.25) is 0 Å². The molecule has 0 atom stereocenters. The maximum absolute atomic E-state index is 4.37. The predicted molar refractivity (Wildman–Crippen MR) is 88.1 cm³/mol. The zero-order valence-corrected chi connectivity index (χ0v) is 11.8. The Balaban J connectivity index is 2.08.